The van der Waals surface area contributed by atoms with Gasteiger partial charge in [0.15, 0.2) is 6.04 Å². The third-order valence-electron chi connectivity index (χ3n) is 5.31. The van der Waals surface area contributed by atoms with Crippen molar-refractivity contribution in [3.63, 3.8) is 0 Å². The van der Waals surface area contributed by atoms with Gasteiger partial charge in [-0.3, -0.25) is 4.72 Å². The van der Waals surface area contributed by atoms with Gasteiger partial charge in [-0.1, -0.05) is 30.3 Å². The van der Waals surface area contributed by atoms with Crippen LogP contribution in [-0.2, 0) is 14.8 Å². The van der Waals surface area contributed by atoms with Crippen LogP contribution in [-0.4, -0.2) is 47.9 Å². The molecule has 0 spiro atoms. The number of hydrogen-bond acceptors (Lipinski definition) is 8. The number of hydrogen-bond donors (Lipinski definition) is 3. The molecule has 0 heterocycles. The zero-order chi connectivity index (χ0) is 27.0. The minimum absolute atomic E-state index is 0.193. The number of rotatable bonds is 12. The van der Waals surface area contributed by atoms with Crippen LogP contribution in [0.25, 0.3) is 6.08 Å². The SMILES string of the molecule is COc1cc(OC)c(/C=C/S(=O)(=O)Nc2ccc(OC)c(NC(C(=O)O)c3ccccc3)c2)c(OC)c1. The molecule has 0 saturated carbocycles. The lowest BCUT2D eigenvalue weighted by molar-refractivity contribution is -0.138. The van der Waals surface area contributed by atoms with Crippen LogP contribution in [0.2, 0.25) is 0 Å². The van der Waals surface area contributed by atoms with E-state index >= 15 is 0 Å². The Morgan fingerprint density at radius 1 is 0.865 bits per heavy atom. The lowest BCUT2D eigenvalue weighted by atomic mass is 10.1. The van der Waals surface area contributed by atoms with Crippen molar-refractivity contribution in [1.29, 1.82) is 0 Å². The number of benzene rings is 3. The Morgan fingerprint density at radius 2 is 1.49 bits per heavy atom. The van der Waals surface area contributed by atoms with Gasteiger partial charge in [0.05, 0.1) is 50.8 Å². The lowest BCUT2D eigenvalue weighted by Crippen LogP contribution is -2.21. The first-order chi connectivity index (χ1) is 17.7. The Labute approximate surface area is 215 Å². The van der Waals surface area contributed by atoms with Gasteiger partial charge in [-0.25, -0.2) is 13.2 Å². The highest BCUT2D eigenvalue weighted by Crippen LogP contribution is 2.36. The van der Waals surface area contributed by atoms with Crippen LogP contribution in [0.1, 0.15) is 17.2 Å². The van der Waals surface area contributed by atoms with Gasteiger partial charge >= 0.3 is 5.97 Å². The summed E-state index contributed by atoms with van der Waals surface area (Å²) in [6.07, 6.45) is 1.35. The number of anilines is 2. The predicted molar refractivity (Wildman–Crippen MR) is 141 cm³/mol. The first-order valence-electron chi connectivity index (χ1n) is 10.9. The zero-order valence-corrected chi connectivity index (χ0v) is 21.5. The molecule has 0 radical (unpaired) electrons. The van der Waals surface area contributed by atoms with Gasteiger partial charge in [0.25, 0.3) is 10.0 Å². The Bertz CT molecular complexity index is 1350. The van der Waals surface area contributed by atoms with Crippen LogP contribution >= 0.6 is 0 Å². The molecule has 10 nitrogen and oxygen atoms in total. The van der Waals surface area contributed by atoms with Crippen LogP contribution in [0.3, 0.4) is 0 Å². The molecule has 196 valence electrons. The highest BCUT2D eigenvalue weighted by atomic mass is 32.2. The van der Waals surface area contributed by atoms with Crippen LogP contribution in [0.15, 0.2) is 66.1 Å². The van der Waals surface area contributed by atoms with Crippen molar-refractivity contribution in [2.24, 2.45) is 0 Å². The van der Waals surface area contributed by atoms with E-state index in [1.54, 1.807) is 42.5 Å². The molecule has 37 heavy (non-hydrogen) atoms. The van der Waals surface area contributed by atoms with Crippen molar-refractivity contribution in [2.75, 3.05) is 38.5 Å². The molecular formula is C26H28N2O8S. The number of carboxylic acids is 1. The van der Waals surface area contributed by atoms with E-state index in [0.29, 0.717) is 39.8 Å². The quantitative estimate of drug-likeness (QED) is 0.313. The summed E-state index contributed by atoms with van der Waals surface area (Å²) in [5.74, 6) is 0.441. The number of methoxy groups -OCH3 is 4. The summed E-state index contributed by atoms with van der Waals surface area (Å²) in [5.41, 5.74) is 1.41. The van der Waals surface area contributed by atoms with E-state index in [0.717, 1.165) is 5.41 Å². The Hall–Kier alpha value is -4.38. The van der Waals surface area contributed by atoms with Crippen LogP contribution in [0.4, 0.5) is 11.4 Å². The van der Waals surface area contributed by atoms with Crippen molar-refractivity contribution in [3.8, 4) is 23.0 Å². The van der Waals surface area contributed by atoms with Crippen molar-refractivity contribution < 1.29 is 37.3 Å². The summed E-state index contributed by atoms with van der Waals surface area (Å²) in [6.45, 7) is 0. The largest absolute Gasteiger partial charge is 0.496 e. The molecule has 0 bridgehead atoms. The fourth-order valence-corrected chi connectivity index (χ4v) is 4.36. The number of nitrogens with one attached hydrogen (secondary N) is 2. The molecule has 1 atom stereocenters. The summed E-state index contributed by atoms with van der Waals surface area (Å²) < 4.78 is 49.4. The van der Waals surface area contributed by atoms with Crippen LogP contribution in [0.5, 0.6) is 23.0 Å². The van der Waals surface area contributed by atoms with Crippen LogP contribution < -0.4 is 29.0 Å². The molecule has 0 amide bonds. The normalized spacial score (nSPS) is 12.0. The molecule has 3 aromatic carbocycles. The molecule has 0 aliphatic rings. The first-order valence-corrected chi connectivity index (χ1v) is 12.5. The van der Waals surface area contributed by atoms with Crippen LogP contribution in [0, 0.1) is 0 Å². The summed E-state index contributed by atoms with van der Waals surface area (Å²) in [7, 11) is 1.83. The lowest BCUT2D eigenvalue weighted by Gasteiger charge is -2.19. The number of carbonyl (C=O) groups is 1. The van der Waals surface area contributed by atoms with E-state index in [4.69, 9.17) is 18.9 Å². The van der Waals surface area contributed by atoms with Gasteiger partial charge in [-0.2, -0.15) is 0 Å². The molecule has 0 aromatic heterocycles. The molecule has 3 aromatic rings. The van der Waals surface area contributed by atoms with Crippen molar-refractivity contribution in [3.05, 3.63) is 77.2 Å². The van der Waals surface area contributed by atoms with Crippen molar-refractivity contribution in [2.45, 2.75) is 6.04 Å². The maximum Gasteiger partial charge on any atom is 0.330 e. The molecule has 0 saturated heterocycles. The molecule has 0 aliphatic carbocycles. The highest BCUT2D eigenvalue weighted by molar-refractivity contribution is 7.95. The van der Waals surface area contributed by atoms with E-state index < -0.39 is 22.0 Å². The highest BCUT2D eigenvalue weighted by Gasteiger charge is 2.21. The molecule has 0 fully saturated rings. The summed E-state index contributed by atoms with van der Waals surface area (Å²) in [4.78, 5) is 11.9. The monoisotopic (exact) mass is 528 g/mol. The molecule has 3 rings (SSSR count). The van der Waals surface area contributed by atoms with Gasteiger partial charge in [0, 0.05) is 12.1 Å². The van der Waals surface area contributed by atoms with E-state index in [9.17, 15) is 18.3 Å². The number of ether oxygens (including phenoxy) is 4. The van der Waals surface area contributed by atoms with Gasteiger partial charge in [-0.15, -0.1) is 0 Å². The Balaban J connectivity index is 1.89. The predicted octanol–water partition coefficient (Wildman–Crippen LogP) is 4.37. The average Bonchev–Trinajstić information content (AvgIpc) is 2.90. The molecule has 0 aliphatic heterocycles. The van der Waals surface area contributed by atoms with E-state index in [-0.39, 0.29) is 5.69 Å². The fourth-order valence-electron chi connectivity index (χ4n) is 3.53. The second kappa shape index (κ2) is 12.0. The Kier molecular flexibility index (Phi) is 8.86. The molecule has 1 unspecified atom stereocenters. The second-order valence-electron chi connectivity index (χ2n) is 7.64. The maximum absolute atomic E-state index is 12.9. The third-order valence-corrected chi connectivity index (χ3v) is 6.32. The maximum atomic E-state index is 12.9. The third kappa shape index (κ3) is 6.85. The zero-order valence-electron chi connectivity index (χ0n) is 20.7. The Morgan fingerprint density at radius 3 is 2.03 bits per heavy atom. The number of carboxylic acid groups (broad SMARTS) is 1. The number of aliphatic carboxylic acids is 1. The molecule has 3 N–H and O–H groups in total. The van der Waals surface area contributed by atoms with Gasteiger partial charge in [0.1, 0.15) is 23.0 Å². The van der Waals surface area contributed by atoms with Gasteiger partial charge in [0.2, 0.25) is 0 Å². The van der Waals surface area contributed by atoms with E-state index in [1.807, 2.05) is 0 Å². The average molecular weight is 529 g/mol. The summed E-state index contributed by atoms with van der Waals surface area (Å²) in [5, 5.41) is 13.6. The van der Waals surface area contributed by atoms with E-state index in [2.05, 4.69) is 10.0 Å². The van der Waals surface area contributed by atoms with Gasteiger partial charge < -0.3 is 29.4 Å². The molecule has 11 heteroatoms. The minimum atomic E-state index is -3.99. The smallest absolute Gasteiger partial charge is 0.330 e. The van der Waals surface area contributed by atoms with E-state index in [1.165, 1.54) is 52.7 Å². The van der Waals surface area contributed by atoms with Crippen molar-refractivity contribution >= 4 is 33.4 Å². The fraction of sp³-hybridized carbons (Fsp3) is 0.192. The first kappa shape index (κ1) is 27.2. The topological polar surface area (TPSA) is 132 Å². The summed E-state index contributed by atoms with van der Waals surface area (Å²) in [6, 6.07) is 15.2. The minimum Gasteiger partial charge on any atom is -0.496 e. The van der Waals surface area contributed by atoms with Crippen molar-refractivity contribution in [1.82, 2.24) is 0 Å². The summed E-state index contributed by atoms with van der Waals surface area (Å²) >= 11 is 0. The van der Waals surface area contributed by atoms with Gasteiger partial charge in [-0.05, 0) is 29.8 Å². The number of sulfonamides is 1. The second-order valence-corrected chi connectivity index (χ2v) is 9.20. The molecular weight excluding hydrogens is 500 g/mol. The standard InChI is InChI=1S/C26H28N2O8S/c1-33-19-15-23(35-3)20(24(16-19)36-4)12-13-37(31,32)28-18-10-11-22(34-2)21(14-18)27-25(26(29)30)17-8-6-5-7-9-17/h5-16,25,27-28H,1-4H3,(H,29,30)/b13-12+.